The number of rotatable bonds is 1. The lowest BCUT2D eigenvalue weighted by molar-refractivity contribution is 0.512. The van der Waals surface area contributed by atoms with Gasteiger partial charge in [-0.25, -0.2) is 4.39 Å². The maximum Gasteiger partial charge on any atom is 0.282 e. The molecule has 2 aliphatic rings. The van der Waals surface area contributed by atoms with Gasteiger partial charge < -0.3 is 9.67 Å². The third-order valence-corrected chi connectivity index (χ3v) is 7.58. The Kier molecular flexibility index (Phi) is 4.11. The Morgan fingerprint density at radius 3 is 2.68 bits per heavy atom. The quantitative estimate of drug-likeness (QED) is 0.367. The summed E-state index contributed by atoms with van der Waals surface area (Å²) in [5, 5.41) is 12.0. The van der Waals surface area contributed by atoms with Gasteiger partial charge in [-0.3, -0.25) is 4.79 Å². The van der Waals surface area contributed by atoms with Crippen LogP contribution in [0.2, 0.25) is 0 Å². The molecule has 0 fully saturated rings. The highest BCUT2D eigenvalue weighted by atomic mass is 32.1. The number of aryl methyl sites for hydroxylation is 2. The summed E-state index contributed by atoms with van der Waals surface area (Å²) in [7, 11) is 0. The number of aliphatic hydroxyl groups excluding tert-OH is 1. The van der Waals surface area contributed by atoms with Gasteiger partial charge in [-0.2, -0.15) is 4.98 Å². The van der Waals surface area contributed by atoms with E-state index in [9.17, 15) is 14.3 Å². The van der Waals surface area contributed by atoms with Gasteiger partial charge in [0, 0.05) is 10.4 Å². The zero-order valence-electron chi connectivity index (χ0n) is 16.7. The highest BCUT2D eigenvalue weighted by molar-refractivity contribution is 7.18. The third-order valence-electron chi connectivity index (χ3n) is 6.27. The molecule has 2 aromatic heterocycles. The molecule has 6 heteroatoms. The molecule has 6 rings (SSSR count). The Morgan fingerprint density at radius 1 is 1.06 bits per heavy atom. The van der Waals surface area contributed by atoms with Crippen LogP contribution in [0, 0.1) is 5.82 Å². The molecule has 154 valence electrons. The molecule has 0 radical (unpaired) electrons. The first-order valence-corrected chi connectivity index (χ1v) is 11.3. The first-order valence-electron chi connectivity index (χ1n) is 10.4. The van der Waals surface area contributed by atoms with Gasteiger partial charge in [0.2, 0.25) is 0 Å². The van der Waals surface area contributed by atoms with Crippen molar-refractivity contribution in [2.75, 3.05) is 0 Å². The molecule has 3 heterocycles. The summed E-state index contributed by atoms with van der Waals surface area (Å²) in [6, 6.07) is 13.6. The van der Waals surface area contributed by atoms with E-state index in [2.05, 4.69) is 9.55 Å². The first kappa shape index (κ1) is 18.5. The SMILES string of the molecule is O=c1nc2n(c3sc4c(c13)CCCC4)Cc1ccccc1/C2=C(\O)c1ccc(F)cc1. The normalized spacial score (nSPS) is 16.5. The van der Waals surface area contributed by atoms with Gasteiger partial charge in [-0.05, 0) is 66.6 Å². The molecular weight excluding hydrogens is 411 g/mol. The van der Waals surface area contributed by atoms with Gasteiger partial charge in [0.05, 0.1) is 17.5 Å². The number of fused-ring (bicyclic) bond motifs is 6. The van der Waals surface area contributed by atoms with E-state index >= 15 is 0 Å². The zero-order chi connectivity index (χ0) is 21.1. The predicted octanol–water partition coefficient (Wildman–Crippen LogP) is 5.31. The number of aromatic nitrogens is 2. The van der Waals surface area contributed by atoms with Gasteiger partial charge in [-0.1, -0.05) is 24.3 Å². The topological polar surface area (TPSA) is 55.1 Å². The molecule has 0 unspecified atom stereocenters. The van der Waals surface area contributed by atoms with Crippen LogP contribution in [0.5, 0.6) is 0 Å². The molecule has 0 saturated heterocycles. The summed E-state index contributed by atoms with van der Waals surface area (Å²) in [4.78, 5) is 19.9. The fraction of sp³-hybridized carbons (Fsp3) is 0.200. The van der Waals surface area contributed by atoms with Crippen molar-refractivity contribution < 1.29 is 9.50 Å². The molecule has 4 nitrogen and oxygen atoms in total. The largest absolute Gasteiger partial charge is 0.507 e. The molecule has 0 atom stereocenters. The lowest BCUT2D eigenvalue weighted by Gasteiger charge is -2.25. The lowest BCUT2D eigenvalue weighted by Crippen LogP contribution is -2.23. The minimum atomic E-state index is -0.369. The molecule has 1 aliphatic carbocycles. The molecule has 0 bridgehead atoms. The Bertz CT molecular complexity index is 1450. The van der Waals surface area contributed by atoms with Crippen LogP contribution in [0.25, 0.3) is 21.5 Å². The molecule has 2 aromatic carbocycles. The van der Waals surface area contributed by atoms with E-state index in [-0.39, 0.29) is 17.1 Å². The van der Waals surface area contributed by atoms with E-state index in [0.717, 1.165) is 52.6 Å². The van der Waals surface area contributed by atoms with Gasteiger partial charge in [-0.15, -0.1) is 11.3 Å². The monoisotopic (exact) mass is 430 g/mol. The molecule has 1 N–H and O–H groups in total. The third kappa shape index (κ3) is 2.78. The summed E-state index contributed by atoms with van der Waals surface area (Å²) >= 11 is 1.68. The van der Waals surface area contributed by atoms with Crippen LogP contribution in [-0.4, -0.2) is 14.7 Å². The minimum absolute atomic E-state index is 0.00605. The summed E-state index contributed by atoms with van der Waals surface area (Å²) in [6.07, 6.45) is 4.17. The first-order chi connectivity index (χ1) is 15.1. The van der Waals surface area contributed by atoms with Crippen molar-refractivity contribution >= 4 is 32.9 Å². The Balaban J connectivity index is 1.69. The molecule has 0 spiro atoms. The molecule has 0 saturated carbocycles. The van der Waals surface area contributed by atoms with Crippen molar-refractivity contribution in [2.45, 2.75) is 32.2 Å². The highest BCUT2D eigenvalue weighted by Crippen LogP contribution is 2.40. The summed E-state index contributed by atoms with van der Waals surface area (Å²) in [6.45, 7) is 0.592. The molecular formula is C25H19FN2O2S. The average molecular weight is 431 g/mol. The van der Waals surface area contributed by atoms with Crippen LogP contribution < -0.4 is 5.56 Å². The van der Waals surface area contributed by atoms with E-state index in [1.54, 1.807) is 23.5 Å². The van der Waals surface area contributed by atoms with Crippen molar-refractivity contribution in [3.63, 3.8) is 0 Å². The predicted molar refractivity (Wildman–Crippen MR) is 121 cm³/mol. The number of benzene rings is 2. The fourth-order valence-corrected chi connectivity index (χ4v) is 6.17. The zero-order valence-corrected chi connectivity index (χ0v) is 17.5. The van der Waals surface area contributed by atoms with Crippen molar-refractivity contribution in [1.82, 2.24) is 9.55 Å². The van der Waals surface area contributed by atoms with E-state index < -0.39 is 0 Å². The Labute approximate surface area is 181 Å². The van der Waals surface area contributed by atoms with Gasteiger partial charge >= 0.3 is 0 Å². The van der Waals surface area contributed by atoms with Crippen LogP contribution in [0.15, 0.2) is 53.3 Å². The molecule has 31 heavy (non-hydrogen) atoms. The second-order valence-electron chi connectivity index (χ2n) is 8.11. The highest BCUT2D eigenvalue weighted by Gasteiger charge is 2.29. The van der Waals surface area contributed by atoms with Crippen molar-refractivity contribution in [1.29, 1.82) is 0 Å². The number of aliphatic hydroxyl groups is 1. The van der Waals surface area contributed by atoms with E-state index in [1.165, 1.54) is 17.0 Å². The van der Waals surface area contributed by atoms with E-state index in [0.29, 0.717) is 23.5 Å². The Morgan fingerprint density at radius 2 is 1.84 bits per heavy atom. The molecule has 1 aliphatic heterocycles. The van der Waals surface area contributed by atoms with Gasteiger partial charge in [0.15, 0.2) is 0 Å². The van der Waals surface area contributed by atoms with Crippen molar-refractivity contribution in [3.8, 4) is 0 Å². The van der Waals surface area contributed by atoms with Crippen LogP contribution in [0.3, 0.4) is 0 Å². The average Bonchev–Trinajstić information content (AvgIpc) is 3.19. The van der Waals surface area contributed by atoms with Gasteiger partial charge in [0.1, 0.15) is 22.2 Å². The maximum atomic E-state index is 13.5. The molecule has 4 aromatic rings. The lowest BCUT2D eigenvalue weighted by atomic mass is 9.92. The van der Waals surface area contributed by atoms with Crippen LogP contribution in [-0.2, 0) is 19.4 Å². The number of thiophene rings is 1. The number of nitrogens with zero attached hydrogens (tertiary/aromatic N) is 2. The number of hydrogen-bond acceptors (Lipinski definition) is 4. The summed E-state index contributed by atoms with van der Waals surface area (Å²) in [5.74, 6) is 0.0938. The van der Waals surface area contributed by atoms with Crippen molar-refractivity contribution in [2.24, 2.45) is 0 Å². The van der Waals surface area contributed by atoms with E-state index in [4.69, 9.17) is 0 Å². The smallest absolute Gasteiger partial charge is 0.282 e. The van der Waals surface area contributed by atoms with Crippen LogP contribution >= 0.6 is 11.3 Å². The minimum Gasteiger partial charge on any atom is -0.507 e. The summed E-state index contributed by atoms with van der Waals surface area (Å²) in [5.41, 5.74) is 3.82. The van der Waals surface area contributed by atoms with E-state index in [1.807, 2.05) is 24.3 Å². The van der Waals surface area contributed by atoms with Crippen LogP contribution in [0.1, 0.15) is 45.8 Å². The number of hydrogen-bond donors (Lipinski definition) is 1. The second-order valence-corrected chi connectivity index (χ2v) is 9.19. The second kappa shape index (κ2) is 6.89. The standard InChI is InChI=1S/C25H19FN2O2S/c26-16-11-9-14(10-12-16)22(29)20-17-6-2-1-5-15(17)13-28-23(20)27-24(30)21-18-7-3-4-8-19(18)31-25(21)28/h1-2,5-6,9-12,29H,3-4,7-8,13H2/b22-20+. The van der Waals surface area contributed by atoms with Crippen LogP contribution in [0.4, 0.5) is 4.39 Å². The number of halogens is 1. The maximum absolute atomic E-state index is 13.5. The van der Waals surface area contributed by atoms with Gasteiger partial charge in [0.25, 0.3) is 5.56 Å². The summed E-state index contributed by atoms with van der Waals surface area (Å²) < 4.78 is 15.5. The fourth-order valence-electron chi connectivity index (χ4n) is 4.79. The Hall–Kier alpha value is -3.25. The molecule has 0 amide bonds. The van der Waals surface area contributed by atoms with Crippen molar-refractivity contribution in [3.05, 3.63) is 97.7 Å².